The lowest BCUT2D eigenvalue weighted by Gasteiger charge is -2.17. The van der Waals surface area contributed by atoms with Crippen LogP contribution < -0.4 is 5.32 Å². The van der Waals surface area contributed by atoms with Crippen molar-refractivity contribution in [2.45, 2.75) is 37.8 Å². The van der Waals surface area contributed by atoms with Gasteiger partial charge in [-0.15, -0.1) is 16.4 Å². The molecule has 4 unspecified atom stereocenters. The van der Waals surface area contributed by atoms with Crippen molar-refractivity contribution in [2.24, 2.45) is 5.92 Å². The van der Waals surface area contributed by atoms with Crippen LogP contribution in [0.1, 0.15) is 21.9 Å². The van der Waals surface area contributed by atoms with E-state index >= 15 is 0 Å². The summed E-state index contributed by atoms with van der Waals surface area (Å²) >= 11 is 1.31. The maximum Gasteiger partial charge on any atom is 0.280 e. The van der Waals surface area contributed by atoms with Gasteiger partial charge in [0.25, 0.3) is 5.91 Å². The number of nitrogens with zero attached hydrogens (tertiary/aromatic N) is 5. The molecule has 1 aromatic carbocycles. The lowest BCUT2D eigenvalue weighted by atomic mass is 10.1. The molecule has 4 atom stereocenters. The number of aliphatic hydroxyl groups is 2. The first kappa shape index (κ1) is 19.9. The molecule has 0 spiro atoms. The molecule has 154 valence electrons. The zero-order chi connectivity index (χ0) is 20.5. The van der Waals surface area contributed by atoms with Crippen LogP contribution in [0.25, 0.3) is 10.2 Å². The number of amides is 1. The molecule has 1 fully saturated rings. The number of aliphatic hydroxyl groups excluding tert-OH is 2. The van der Waals surface area contributed by atoms with Crippen LogP contribution in [0.15, 0.2) is 30.5 Å². The highest BCUT2D eigenvalue weighted by molar-refractivity contribution is 7.20. The van der Waals surface area contributed by atoms with E-state index in [1.807, 2.05) is 49.5 Å². The molecule has 4 rings (SSSR count). The highest BCUT2D eigenvalue weighted by Gasteiger charge is 2.42. The van der Waals surface area contributed by atoms with Crippen LogP contribution in [-0.2, 0) is 13.1 Å². The molecule has 0 aliphatic heterocycles. The van der Waals surface area contributed by atoms with Crippen LogP contribution in [0.3, 0.4) is 0 Å². The van der Waals surface area contributed by atoms with Gasteiger partial charge in [-0.05, 0) is 32.6 Å². The molecule has 1 aliphatic rings. The Morgan fingerprint density at radius 2 is 2.10 bits per heavy atom. The lowest BCUT2D eigenvalue weighted by molar-refractivity contribution is 0.00762. The number of benzene rings is 1. The third kappa shape index (κ3) is 4.30. The Labute approximate surface area is 172 Å². The SMILES string of the molecule is CN(C)Cc1cn(CC2CC(NC(=O)c3nc4ccccc4s3)C(O)C2O)nn1. The Kier molecular flexibility index (Phi) is 5.59. The second-order valence-corrected chi connectivity index (χ2v) is 8.74. The maximum atomic E-state index is 12.6. The van der Waals surface area contributed by atoms with Gasteiger partial charge in [-0.3, -0.25) is 9.48 Å². The summed E-state index contributed by atoms with van der Waals surface area (Å²) in [6.07, 6.45) is 0.300. The minimum Gasteiger partial charge on any atom is -0.390 e. The molecule has 3 N–H and O–H groups in total. The summed E-state index contributed by atoms with van der Waals surface area (Å²) in [7, 11) is 3.91. The Bertz CT molecular complexity index is 970. The van der Waals surface area contributed by atoms with E-state index in [9.17, 15) is 15.0 Å². The maximum absolute atomic E-state index is 12.6. The van der Waals surface area contributed by atoms with E-state index in [4.69, 9.17) is 0 Å². The average molecular weight is 417 g/mol. The van der Waals surface area contributed by atoms with Crippen molar-refractivity contribution < 1.29 is 15.0 Å². The van der Waals surface area contributed by atoms with E-state index in [0.29, 0.717) is 24.5 Å². The second kappa shape index (κ2) is 8.15. The summed E-state index contributed by atoms with van der Waals surface area (Å²) in [4.78, 5) is 18.9. The summed E-state index contributed by atoms with van der Waals surface area (Å²) in [6.45, 7) is 1.10. The van der Waals surface area contributed by atoms with Crippen LogP contribution in [0, 0.1) is 5.92 Å². The van der Waals surface area contributed by atoms with Crippen LogP contribution in [0.5, 0.6) is 0 Å². The molecule has 3 aromatic rings. The third-order valence-electron chi connectivity index (χ3n) is 5.09. The van der Waals surface area contributed by atoms with Crippen molar-refractivity contribution in [3.05, 3.63) is 41.2 Å². The Hall–Kier alpha value is -2.40. The molecular formula is C19H24N6O3S. The van der Waals surface area contributed by atoms with Crippen molar-refractivity contribution in [1.82, 2.24) is 30.2 Å². The van der Waals surface area contributed by atoms with Crippen molar-refractivity contribution in [3.8, 4) is 0 Å². The van der Waals surface area contributed by atoms with E-state index in [2.05, 4.69) is 20.6 Å². The predicted octanol–water partition coefficient (Wildman–Crippen LogP) is 0.490. The summed E-state index contributed by atoms with van der Waals surface area (Å²) in [5.74, 6) is -0.573. The molecule has 9 nitrogen and oxygen atoms in total. The van der Waals surface area contributed by atoms with Gasteiger partial charge in [0, 0.05) is 25.2 Å². The highest BCUT2D eigenvalue weighted by atomic mass is 32.1. The van der Waals surface area contributed by atoms with Crippen molar-refractivity contribution in [2.75, 3.05) is 14.1 Å². The van der Waals surface area contributed by atoms with Crippen LogP contribution in [0.2, 0.25) is 0 Å². The van der Waals surface area contributed by atoms with Crippen LogP contribution in [0.4, 0.5) is 0 Å². The third-order valence-corrected chi connectivity index (χ3v) is 6.13. The zero-order valence-corrected chi connectivity index (χ0v) is 17.1. The fourth-order valence-corrected chi connectivity index (χ4v) is 4.58. The smallest absolute Gasteiger partial charge is 0.280 e. The van der Waals surface area contributed by atoms with Gasteiger partial charge in [-0.2, -0.15) is 0 Å². The number of rotatable bonds is 6. The van der Waals surface area contributed by atoms with Gasteiger partial charge in [-0.25, -0.2) is 4.98 Å². The van der Waals surface area contributed by atoms with E-state index in [0.717, 1.165) is 15.9 Å². The summed E-state index contributed by atoms with van der Waals surface area (Å²) in [5, 5.41) is 32.3. The molecule has 0 bridgehead atoms. The zero-order valence-electron chi connectivity index (χ0n) is 16.3. The molecule has 29 heavy (non-hydrogen) atoms. The Morgan fingerprint density at radius 3 is 2.86 bits per heavy atom. The first-order valence-electron chi connectivity index (χ1n) is 9.47. The molecule has 0 saturated heterocycles. The second-order valence-electron chi connectivity index (χ2n) is 7.71. The number of aromatic nitrogens is 4. The van der Waals surface area contributed by atoms with E-state index < -0.39 is 18.2 Å². The van der Waals surface area contributed by atoms with Crippen LogP contribution in [-0.4, -0.2) is 73.3 Å². The first-order valence-corrected chi connectivity index (χ1v) is 10.3. The monoisotopic (exact) mass is 416 g/mol. The normalized spacial score (nSPS) is 24.4. The van der Waals surface area contributed by atoms with Crippen molar-refractivity contribution in [3.63, 3.8) is 0 Å². The standard InChI is InChI=1S/C19H24N6O3S/c1-24(2)9-12-10-25(23-22-12)8-11-7-14(17(27)16(11)26)20-18(28)19-21-13-5-3-4-6-15(13)29-19/h3-6,10-11,14,16-17,26-27H,7-9H2,1-2H3,(H,20,28). The molecule has 2 aromatic heterocycles. The number of thiazole rings is 1. The molecule has 0 radical (unpaired) electrons. The minimum atomic E-state index is -1.04. The Balaban J connectivity index is 1.40. The number of nitrogens with one attached hydrogen (secondary N) is 1. The highest BCUT2D eigenvalue weighted by Crippen LogP contribution is 2.29. The van der Waals surface area contributed by atoms with Gasteiger partial charge in [0.05, 0.1) is 28.1 Å². The molecule has 10 heteroatoms. The fourth-order valence-electron chi connectivity index (χ4n) is 3.71. The number of para-hydroxylation sites is 1. The number of fused-ring (bicyclic) bond motifs is 1. The average Bonchev–Trinajstić information content (AvgIpc) is 3.37. The number of hydrogen-bond donors (Lipinski definition) is 3. The van der Waals surface area contributed by atoms with E-state index in [-0.39, 0.29) is 11.8 Å². The molecule has 1 aliphatic carbocycles. The lowest BCUT2D eigenvalue weighted by Crippen LogP contribution is -2.43. The van der Waals surface area contributed by atoms with Crippen LogP contribution >= 0.6 is 11.3 Å². The van der Waals surface area contributed by atoms with Gasteiger partial charge in [0.15, 0.2) is 5.01 Å². The topological polar surface area (TPSA) is 116 Å². The van der Waals surface area contributed by atoms with Crippen molar-refractivity contribution in [1.29, 1.82) is 0 Å². The molecule has 1 saturated carbocycles. The molecule has 1 amide bonds. The fraction of sp³-hybridized carbons (Fsp3) is 0.474. The van der Waals surface area contributed by atoms with Gasteiger partial charge < -0.3 is 20.4 Å². The Morgan fingerprint density at radius 1 is 1.31 bits per heavy atom. The summed E-state index contributed by atoms with van der Waals surface area (Å²) in [5.41, 5.74) is 1.61. The van der Waals surface area contributed by atoms with E-state index in [1.165, 1.54) is 11.3 Å². The van der Waals surface area contributed by atoms with Crippen molar-refractivity contribution >= 4 is 27.5 Å². The number of carbonyl (C=O) groups excluding carboxylic acids is 1. The number of hydrogen-bond acceptors (Lipinski definition) is 8. The summed E-state index contributed by atoms with van der Waals surface area (Å²) in [6, 6.07) is 7.00. The number of carbonyl (C=O) groups is 1. The first-order chi connectivity index (χ1) is 13.9. The quantitative estimate of drug-likeness (QED) is 0.535. The van der Waals surface area contributed by atoms with Gasteiger partial charge in [0.2, 0.25) is 0 Å². The summed E-state index contributed by atoms with van der Waals surface area (Å²) < 4.78 is 2.61. The molecule has 2 heterocycles. The van der Waals surface area contributed by atoms with Gasteiger partial charge >= 0.3 is 0 Å². The van der Waals surface area contributed by atoms with E-state index in [1.54, 1.807) is 4.68 Å². The predicted molar refractivity (Wildman–Crippen MR) is 108 cm³/mol. The minimum absolute atomic E-state index is 0.237. The van der Waals surface area contributed by atoms with Gasteiger partial charge in [-0.1, -0.05) is 17.3 Å². The molecular weight excluding hydrogens is 392 g/mol. The largest absolute Gasteiger partial charge is 0.390 e. The van der Waals surface area contributed by atoms with Gasteiger partial charge in [0.1, 0.15) is 6.10 Å².